The number of carbonyl (C=O) groups excluding carboxylic acids is 4. The van der Waals surface area contributed by atoms with Crippen molar-refractivity contribution in [3.63, 3.8) is 0 Å². The summed E-state index contributed by atoms with van der Waals surface area (Å²) in [7, 11) is -2.39. The van der Waals surface area contributed by atoms with Gasteiger partial charge in [-0.1, -0.05) is 50.2 Å². The minimum absolute atomic E-state index is 0.0639. The van der Waals surface area contributed by atoms with Gasteiger partial charge >= 0.3 is 0 Å². The van der Waals surface area contributed by atoms with Gasteiger partial charge in [0, 0.05) is 55.6 Å². The maximum atomic E-state index is 13.8. The van der Waals surface area contributed by atoms with Gasteiger partial charge in [-0.05, 0) is 62.6 Å². The molecule has 1 heterocycles. The average Bonchev–Trinajstić information content (AvgIpc) is 3.08. The highest BCUT2D eigenvalue weighted by atomic mass is 32.2. The third kappa shape index (κ3) is 11.7. The molecule has 0 saturated carbocycles. The first-order valence-electron chi connectivity index (χ1n) is 16.6. The number of likely N-dealkylation sites (N-methyl/N-ethyl adjacent to an activating group) is 1. The Labute approximate surface area is 295 Å². The second-order valence-electron chi connectivity index (χ2n) is 12.6. The lowest BCUT2D eigenvalue weighted by atomic mass is 10.0. The number of carbonyl (C=O) groups is 4. The molecule has 50 heavy (non-hydrogen) atoms. The third-order valence-electron chi connectivity index (χ3n) is 8.13. The largest absolute Gasteiger partial charge is 0.355 e. The van der Waals surface area contributed by atoms with E-state index in [9.17, 15) is 27.6 Å². The molecule has 270 valence electrons. The number of amides is 4. The molecule has 4 amide bonds. The summed E-state index contributed by atoms with van der Waals surface area (Å²) >= 11 is 0. The van der Waals surface area contributed by atoms with Crippen LogP contribution in [0.25, 0.3) is 0 Å². The van der Waals surface area contributed by atoms with E-state index in [0.29, 0.717) is 18.7 Å². The minimum Gasteiger partial charge on any atom is -0.355 e. The first-order valence-corrected chi connectivity index (χ1v) is 18.4. The van der Waals surface area contributed by atoms with Crippen LogP contribution in [0.4, 0.5) is 5.69 Å². The molecule has 0 radical (unpaired) electrons. The Kier molecular flexibility index (Phi) is 14.5. The monoisotopic (exact) mass is 707 g/mol. The van der Waals surface area contributed by atoms with E-state index in [2.05, 4.69) is 31.6 Å². The zero-order valence-electron chi connectivity index (χ0n) is 29.7. The predicted molar refractivity (Wildman–Crippen MR) is 194 cm³/mol. The van der Waals surface area contributed by atoms with E-state index in [-0.39, 0.29) is 47.1 Å². The van der Waals surface area contributed by atoms with E-state index in [1.54, 1.807) is 26.1 Å². The maximum absolute atomic E-state index is 13.8. The normalized spacial score (nSPS) is 13.8. The van der Waals surface area contributed by atoms with Gasteiger partial charge in [-0.15, -0.1) is 0 Å². The van der Waals surface area contributed by atoms with Gasteiger partial charge in [0.05, 0.1) is 24.0 Å². The SMILES string of the molecule is CCNC(=O)[C@@H](NC(=O)[C@H](C)NC[C@H](Cc1ccccn1)NC(=O)c1cc(C(=O)N[C@H](C)c2ccccc2)cc(N(C)S(C)(=O)=O)c1)C(C)C. The van der Waals surface area contributed by atoms with Crippen LogP contribution in [0.15, 0.2) is 72.9 Å². The number of sulfonamides is 1. The highest BCUT2D eigenvalue weighted by molar-refractivity contribution is 7.92. The van der Waals surface area contributed by atoms with Crippen LogP contribution < -0.4 is 30.9 Å². The summed E-state index contributed by atoms with van der Waals surface area (Å²) in [6.07, 6.45) is 2.96. The summed E-state index contributed by atoms with van der Waals surface area (Å²) in [5.41, 5.74) is 1.86. The van der Waals surface area contributed by atoms with E-state index in [0.717, 1.165) is 16.1 Å². The second kappa shape index (κ2) is 18.3. The molecule has 2 aromatic carbocycles. The van der Waals surface area contributed by atoms with Gasteiger partial charge in [-0.3, -0.25) is 28.5 Å². The first-order chi connectivity index (χ1) is 23.6. The molecule has 0 aliphatic carbocycles. The lowest BCUT2D eigenvalue weighted by Gasteiger charge is -2.25. The van der Waals surface area contributed by atoms with Crippen LogP contribution in [-0.2, 0) is 26.0 Å². The fourth-order valence-corrected chi connectivity index (χ4v) is 5.56. The van der Waals surface area contributed by atoms with Crippen molar-refractivity contribution in [3.05, 3.63) is 95.3 Å². The number of hydrogen-bond donors (Lipinski definition) is 5. The summed E-state index contributed by atoms with van der Waals surface area (Å²) in [5.74, 6) is -1.84. The molecule has 14 heteroatoms. The van der Waals surface area contributed by atoms with Gasteiger partial charge in [-0.25, -0.2) is 8.42 Å². The molecular formula is C36H49N7O6S. The average molecular weight is 708 g/mol. The van der Waals surface area contributed by atoms with Crippen molar-refractivity contribution in [1.29, 1.82) is 0 Å². The van der Waals surface area contributed by atoms with E-state index in [1.807, 2.05) is 63.2 Å². The molecule has 3 aromatic rings. The number of pyridine rings is 1. The van der Waals surface area contributed by atoms with E-state index < -0.39 is 40.0 Å². The van der Waals surface area contributed by atoms with Gasteiger partial charge in [0.15, 0.2) is 0 Å². The number of rotatable bonds is 17. The van der Waals surface area contributed by atoms with Crippen LogP contribution >= 0.6 is 0 Å². The van der Waals surface area contributed by atoms with Gasteiger partial charge in [0.25, 0.3) is 11.8 Å². The van der Waals surface area contributed by atoms with Crippen molar-refractivity contribution >= 4 is 39.3 Å². The molecule has 0 spiro atoms. The van der Waals surface area contributed by atoms with Crippen molar-refractivity contribution in [2.75, 3.05) is 30.7 Å². The Morgan fingerprint density at radius 1 is 0.820 bits per heavy atom. The topological polar surface area (TPSA) is 179 Å². The highest BCUT2D eigenvalue weighted by Crippen LogP contribution is 2.22. The summed E-state index contributed by atoms with van der Waals surface area (Å²) in [4.78, 5) is 57.3. The fourth-order valence-electron chi connectivity index (χ4n) is 5.08. The number of nitrogens with one attached hydrogen (secondary N) is 5. The van der Waals surface area contributed by atoms with Crippen molar-refractivity contribution in [1.82, 2.24) is 31.6 Å². The molecule has 4 atom stereocenters. The van der Waals surface area contributed by atoms with Gasteiger partial charge in [0.1, 0.15) is 6.04 Å². The second-order valence-corrected chi connectivity index (χ2v) is 14.6. The van der Waals surface area contributed by atoms with Crippen molar-refractivity contribution in [2.45, 2.75) is 65.2 Å². The van der Waals surface area contributed by atoms with E-state index in [4.69, 9.17) is 0 Å². The van der Waals surface area contributed by atoms with Gasteiger partial charge in [-0.2, -0.15) is 0 Å². The number of nitrogens with zero attached hydrogens (tertiary/aromatic N) is 2. The standard InChI is InChI=1S/C36H49N7O6S/c1-8-37-36(47)32(23(2)3)42-33(44)25(5)39-22-30(21-29-16-12-13-17-38-29)41-35(46)28-18-27(19-31(20-28)43(6)50(7,48)49)34(45)40-24(4)26-14-10-9-11-15-26/h9-20,23-25,30,32,39H,8,21-22H2,1-7H3,(H,37,47)(H,40,45)(H,41,46)(H,42,44)/t24-,25+,30+,32+/m1/s1. The Balaban J connectivity index is 1.86. The molecule has 1 aromatic heterocycles. The van der Waals surface area contributed by atoms with E-state index in [1.165, 1.54) is 25.2 Å². The maximum Gasteiger partial charge on any atom is 0.251 e. The van der Waals surface area contributed by atoms with Crippen molar-refractivity contribution in [2.24, 2.45) is 5.92 Å². The smallest absolute Gasteiger partial charge is 0.251 e. The highest BCUT2D eigenvalue weighted by Gasteiger charge is 2.27. The van der Waals surface area contributed by atoms with Crippen LogP contribution in [0.3, 0.4) is 0 Å². The summed E-state index contributed by atoms with van der Waals surface area (Å²) in [6, 6.07) is 16.6. The molecule has 3 rings (SSSR count). The first kappa shape index (κ1) is 39.6. The number of hydrogen-bond acceptors (Lipinski definition) is 8. The number of benzene rings is 2. The molecule has 0 saturated heterocycles. The Morgan fingerprint density at radius 3 is 2.00 bits per heavy atom. The van der Waals surface area contributed by atoms with Crippen LogP contribution in [0.2, 0.25) is 0 Å². The fraction of sp³-hybridized carbons (Fsp3) is 0.417. The number of aromatic nitrogens is 1. The summed E-state index contributed by atoms with van der Waals surface area (Å²) < 4.78 is 25.9. The van der Waals surface area contributed by atoms with Crippen molar-refractivity contribution < 1.29 is 27.6 Å². The molecule has 0 aliphatic rings. The quantitative estimate of drug-likeness (QED) is 0.142. The lowest BCUT2D eigenvalue weighted by Crippen LogP contribution is -2.55. The molecule has 0 fully saturated rings. The number of anilines is 1. The molecule has 5 N–H and O–H groups in total. The molecule has 13 nitrogen and oxygen atoms in total. The van der Waals surface area contributed by atoms with Crippen molar-refractivity contribution in [3.8, 4) is 0 Å². The van der Waals surface area contributed by atoms with Crippen LogP contribution in [0.5, 0.6) is 0 Å². The van der Waals surface area contributed by atoms with Gasteiger partial charge < -0.3 is 26.6 Å². The zero-order chi connectivity index (χ0) is 37.0. The Bertz CT molecular complexity index is 1720. The van der Waals surface area contributed by atoms with E-state index >= 15 is 0 Å². The molecule has 0 unspecified atom stereocenters. The predicted octanol–water partition coefficient (Wildman–Crippen LogP) is 2.56. The van der Waals surface area contributed by atoms with Gasteiger partial charge in [0.2, 0.25) is 21.8 Å². The zero-order valence-corrected chi connectivity index (χ0v) is 30.5. The van der Waals surface area contributed by atoms with Crippen LogP contribution in [-0.4, -0.2) is 81.5 Å². The summed E-state index contributed by atoms with van der Waals surface area (Å²) in [5, 5.41) is 14.6. The summed E-state index contributed by atoms with van der Waals surface area (Å²) in [6.45, 7) is 9.57. The molecule has 0 aliphatic heterocycles. The van der Waals surface area contributed by atoms with Crippen LogP contribution in [0, 0.1) is 5.92 Å². The molecule has 0 bridgehead atoms. The molecular weight excluding hydrogens is 659 g/mol. The van der Waals surface area contributed by atoms with Crippen LogP contribution in [0.1, 0.15) is 72.6 Å². The minimum atomic E-state index is -3.73. The third-order valence-corrected chi connectivity index (χ3v) is 9.33. The lowest BCUT2D eigenvalue weighted by molar-refractivity contribution is -0.130. The Hall–Kier alpha value is -4.82. The Morgan fingerprint density at radius 2 is 1.44 bits per heavy atom.